The lowest BCUT2D eigenvalue weighted by atomic mass is 9.95. The SMILES string of the molecule is CCCCCC(C)(C)OC(C)(C)CCCCC.OCCO. The van der Waals surface area contributed by atoms with Crippen molar-refractivity contribution in [3.05, 3.63) is 0 Å². The predicted octanol–water partition coefficient (Wildman–Crippen LogP) is 4.69. The highest BCUT2D eigenvalue weighted by Gasteiger charge is 2.28. The summed E-state index contributed by atoms with van der Waals surface area (Å²) in [5, 5.41) is 15.2. The Balaban J connectivity index is 0. The van der Waals surface area contributed by atoms with E-state index in [9.17, 15) is 0 Å². The van der Waals surface area contributed by atoms with Gasteiger partial charge in [-0.3, -0.25) is 0 Å². The highest BCUT2D eigenvalue weighted by Crippen LogP contribution is 2.28. The van der Waals surface area contributed by atoms with Crippen molar-refractivity contribution in [1.82, 2.24) is 0 Å². The molecular weight excluding hydrogens is 264 g/mol. The average Bonchev–Trinajstić information content (AvgIpc) is 2.38. The van der Waals surface area contributed by atoms with Crippen molar-refractivity contribution in [2.24, 2.45) is 0 Å². The maximum absolute atomic E-state index is 7.62. The minimum absolute atomic E-state index is 0.0326. The monoisotopic (exact) mass is 304 g/mol. The summed E-state index contributed by atoms with van der Waals surface area (Å²) in [5.74, 6) is 0. The molecule has 0 spiro atoms. The van der Waals surface area contributed by atoms with Crippen LogP contribution in [0.5, 0.6) is 0 Å². The van der Waals surface area contributed by atoms with E-state index in [1.54, 1.807) is 0 Å². The van der Waals surface area contributed by atoms with E-state index < -0.39 is 0 Å². The Kier molecular flexibility index (Phi) is 14.9. The molecule has 3 heteroatoms. The third-order valence-electron chi connectivity index (χ3n) is 3.42. The Labute approximate surface area is 133 Å². The van der Waals surface area contributed by atoms with Crippen molar-refractivity contribution in [2.45, 2.75) is 104 Å². The highest BCUT2D eigenvalue weighted by molar-refractivity contribution is 4.77. The van der Waals surface area contributed by atoms with Gasteiger partial charge in [0.25, 0.3) is 0 Å². The number of aliphatic hydroxyl groups excluding tert-OH is 2. The number of unbranched alkanes of at least 4 members (excludes halogenated alkanes) is 4. The minimum Gasteiger partial charge on any atom is -0.394 e. The lowest BCUT2D eigenvalue weighted by Gasteiger charge is -2.36. The van der Waals surface area contributed by atoms with Crippen LogP contribution < -0.4 is 0 Å². The van der Waals surface area contributed by atoms with Gasteiger partial charge in [-0.25, -0.2) is 0 Å². The van der Waals surface area contributed by atoms with E-state index in [-0.39, 0.29) is 24.4 Å². The smallest absolute Gasteiger partial charge is 0.0662 e. The summed E-state index contributed by atoms with van der Waals surface area (Å²) in [7, 11) is 0. The summed E-state index contributed by atoms with van der Waals surface area (Å²) >= 11 is 0. The van der Waals surface area contributed by atoms with Crippen LogP contribution in [0.15, 0.2) is 0 Å². The van der Waals surface area contributed by atoms with Crippen molar-refractivity contribution in [2.75, 3.05) is 13.2 Å². The van der Waals surface area contributed by atoms with Crippen LogP contribution in [0, 0.1) is 0 Å². The van der Waals surface area contributed by atoms with Gasteiger partial charge in [-0.05, 0) is 40.5 Å². The van der Waals surface area contributed by atoms with E-state index in [4.69, 9.17) is 14.9 Å². The molecule has 0 unspecified atom stereocenters. The second-order valence-electron chi connectivity index (χ2n) is 6.98. The number of rotatable bonds is 11. The van der Waals surface area contributed by atoms with Crippen molar-refractivity contribution in [1.29, 1.82) is 0 Å². The van der Waals surface area contributed by atoms with Gasteiger partial charge < -0.3 is 14.9 Å². The van der Waals surface area contributed by atoms with Gasteiger partial charge in [0.2, 0.25) is 0 Å². The quantitative estimate of drug-likeness (QED) is 0.544. The number of ether oxygens (including phenoxy) is 1. The minimum atomic E-state index is -0.125. The molecule has 0 rings (SSSR count). The summed E-state index contributed by atoms with van der Waals surface area (Å²) in [6, 6.07) is 0. The van der Waals surface area contributed by atoms with Crippen LogP contribution in [0.25, 0.3) is 0 Å². The Morgan fingerprint density at radius 3 is 1.24 bits per heavy atom. The summed E-state index contributed by atoms with van der Waals surface area (Å²) < 4.78 is 6.32. The first-order valence-corrected chi connectivity index (χ1v) is 8.66. The van der Waals surface area contributed by atoms with Gasteiger partial charge in [0.15, 0.2) is 0 Å². The summed E-state index contributed by atoms with van der Waals surface area (Å²) in [6.07, 6.45) is 10.2. The molecule has 130 valence electrons. The van der Waals surface area contributed by atoms with E-state index in [1.807, 2.05) is 0 Å². The summed E-state index contributed by atoms with van der Waals surface area (Å²) in [6.45, 7) is 13.2. The highest BCUT2D eigenvalue weighted by atomic mass is 16.5. The second-order valence-corrected chi connectivity index (χ2v) is 6.98. The van der Waals surface area contributed by atoms with E-state index in [2.05, 4.69) is 41.5 Å². The van der Waals surface area contributed by atoms with Crippen molar-refractivity contribution in [3.8, 4) is 0 Å². The fraction of sp³-hybridized carbons (Fsp3) is 1.00. The standard InChI is InChI=1S/C16H34O.C2H6O2/c1-7-9-11-13-15(3,4)17-16(5,6)14-12-10-8-2;3-1-2-4/h7-14H2,1-6H3;3-4H,1-2H2. The fourth-order valence-corrected chi connectivity index (χ4v) is 2.45. The molecule has 0 heterocycles. The van der Waals surface area contributed by atoms with Gasteiger partial charge in [0, 0.05) is 0 Å². The molecular formula is C18H40O3. The summed E-state index contributed by atoms with van der Waals surface area (Å²) in [5.41, 5.74) is 0.0652. The van der Waals surface area contributed by atoms with Crippen LogP contribution in [-0.4, -0.2) is 34.6 Å². The van der Waals surface area contributed by atoms with Crippen LogP contribution in [0.3, 0.4) is 0 Å². The van der Waals surface area contributed by atoms with Gasteiger partial charge in [-0.15, -0.1) is 0 Å². The molecule has 0 aliphatic rings. The van der Waals surface area contributed by atoms with Crippen molar-refractivity contribution < 1.29 is 14.9 Å². The fourth-order valence-electron chi connectivity index (χ4n) is 2.45. The largest absolute Gasteiger partial charge is 0.394 e. The Bertz CT molecular complexity index is 191. The first kappa shape index (κ1) is 23.2. The molecule has 0 aliphatic carbocycles. The molecule has 0 saturated heterocycles. The first-order chi connectivity index (χ1) is 9.74. The Morgan fingerprint density at radius 2 is 1.00 bits per heavy atom. The van der Waals surface area contributed by atoms with Crippen LogP contribution >= 0.6 is 0 Å². The Morgan fingerprint density at radius 1 is 0.667 bits per heavy atom. The zero-order valence-corrected chi connectivity index (χ0v) is 15.4. The zero-order chi connectivity index (χ0) is 16.8. The molecule has 0 saturated carbocycles. The van der Waals surface area contributed by atoms with Crippen molar-refractivity contribution in [3.63, 3.8) is 0 Å². The van der Waals surface area contributed by atoms with Gasteiger partial charge in [-0.1, -0.05) is 52.4 Å². The maximum atomic E-state index is 7.62. The van der Waals surface area contributed by atoms with Crippen LogP contribution in [0.1, 0.15) is 92.9 Å². The number of hydrogen-bond acceptors (Lipinski definition) is 3. The third kappa shape index (κ3) is 17.8. The zero-order valence-electron chi connectivity index (χ0n) is 15.4. The molecule has 0 aromatic heterocycles. The topological polar surface area (TPSA) is 49.7 Å². The number of hydrogen-bond donors (Lipinski definition) is 2. The molecule has 0 atom stereocenters. The van der Waals surface area contributed by atoms with Crippen LogP contribution in [0.4, 0.5) is 0 Å². The van der Waals surface area contributed by atoms with Crippen molar-refractivity contribution >= 4 is 0 Å². The normalized spacial score (nSPS) is 12.0. The Hall–Kier alpha value is -0.120. The first-order valence-electron chi connectivity index (χ1n) is 8.66. The lowest BCUT2D eigenvalue weighted by Crippen LogP contribution is -2.37. The van der Waals surface area contributed by atoms with Gasteiger partial charge in [0.1, 0.15) is 0 Å². The van der Waals surface area contributed by atoms with Gasteiger partial charge >= 0.3 is 0 Å². The molecule has 0 radical (unpaired) electrons. The molecule has 3 nitrogen and oxygen atoms in total. The molecule has 0 aliphatic heterocycles. The van der Waals surface area contributed by atoms with E-state index >= 15 is 0 Å². The molecule has 2 N–H and O–H groups in total. The van der Waals surface area contributed by atoms with E-state index in [0.29, 0.717) is 0 Å². The van der Waals surface area contributed by atoms with Gasteiger partial charge in [-0.2, -0.15) is 0 Å². The molecule has 0 aromatic rings. The van der Waals surface area contributed by atoms with E-state index in [1.165, 1.54) is 51.4 Å². The lowest BCUT2D eigenvalue weighted by molar-refractivity contribution is -0.130. The molecule has 0 fully saturated rings. The second kappa shape index (κ2) is 13.5. The molecule has 0 bridgehead atoms. The average molecular weight is 305 g/mol. The molecule has 0 aromatic carbocycles. The third-order valence-corrected chi connectivity index (χ3v) is 3.42. The maximum Gasteiger partial charge on any atom is 0.0662 e. The predicted molar refractivity (Wildman–Crippen MR) is 91.7 cm³/mol. The number of aliphatic hydroxyl groups is 2. The van der Waals surface area contributed by atoms with Crippen LogP contribution in [0.2, 0.25) is 0 Å². The van der Waals surface area contributed by atoms with Gasteiger partial charge in [0.05, 0.1) is 24.4 Å². The van der Waals surface area contributed by atoms with Crippen LogP contribution in [-0.2, 0) is 4.74 Å². The summed E-state index contributed by atoms with van der Waals surface area (Å²) in [4.78, 5) is 0. The molecule has 21 heavy (non-hydrogen) atoms. The van der Waals surface area contributed by atoms with E-state index in [0.717, 1.165) is 0 Å². The molecule has 0 amide bonds.